The number of hydrogen-bond acceptors (Lipinski definition) is 3. The molecule has 0 aliphatic heterocycles. The maximum atomic E-state index is 11.8. The number of nitrogens with two attached hydrogens (primary N) is 2. The topological polar surface area (TPSA) is 125 Å². The maximum absolute atomic E-state index is 11.8. The average Bonchev–Trinajstić information content (AvgIpc) is 2.46. The average molecular weight is 284 g/mol. The number of carbonyl (C=O) groups is 1. The van der Waals surface area contributed by atoms with Gasteiger partial charge in [0.05, 0.1) is 10.5 Å². The number of rotatable bonds is 3. The van der Waals surface area contributed by atoms with Gasteiger partial charge in [0, 0.05) is 11.6 Å². The van der Waals surface area contributed by atoms with Gasteiger partial charge in [-0.25, -0.2) is 0 Å². The van der Waals surface area contributed by atoms with Crippen molar-refractivity contribution >= 4 is 17.6 Å². The van der Waals surface area contributed by atoms with E-state index in [-0.39, 0.29) is 17.2 Å². The second-order valence-electron chi connectivity index (χ2n) is 4.20. The Morgan fingerprint density at radius 3 is 2.48 bits per heavy atom. The van der Waals surface area contributed by atoms with Crippen LogP contribution in [0, 0.1) is 10.1 Å². The van der Waals surface area contributed by atoms with Crippen molar-refractivity contribution in [1.82, 2.24) is 0 Å². The van der Waals surface area contributed by atoms with E-state index in [2.05, 4.69) is 4.99 Å². The number of nitrogens with zero attached hydrogens (tertiary/aromatic N) is 2. The second kappa shape index (κ2) is 5.83. The number of carbonyl (C=O) groups excluding carboxylic acids is 1. The van der Waals surface area contributed by atoms with Gasteiger partial charge in [0.2, 0.25) is 0 Å². The minimum atomic E-state index is -0.601. The third-order valence-electron chi connectivity index (χ3n) is 2.75. The van der Waals surface area contributed by atoms with Gasteiger partial charge in [-0.2, -0.15) is 4.99 Å². The predicted molar refractivity (Wildman–Crippen MR) is 78.7 cm³/mol. The fourth-order valence-electron chi connectivity index (χ4n) is 1.88. The minimum absolute atomic E-state index is 0.0380. The molecule has 0 aromatic heterocycles. The van der Waals surface area contributed by atoms with E-state index in [0.717, 1.165) is 0 Å². The molecule has 4 N–H and O–H groups in total. The molecule has 0 radical (unpaired) electrons. The Labute approximate surface area is 120 Å². The standard InChI is InChI=1S/C14H12N4O3/c15-14(16)17-13(19)10-5-3-4-9(8-10)11-6-1-2-7-12(11)18(20)21/h1-8H,(H4,15,16,17,19). The summed E-state index contributed by atoms with van der Waals surface area (Å²) in [4.78, 5) is 25.8. The second-order valence-corrected chi connectivity index (χ2v) is 4.20. The molecule has 0 aliphatic rings. The van der Waals surface area contributed by atoms with Crippen LogP contribution in [-0.4, -0.2) is 16.8 Å². The molecule has 21 heavy (non-hydrogen) atoms. The monoisotopic (exact) mass is 284 g/mol. The van der Waals surface area contributed by atoms with Crippen LogP contribution in [0.4, 0.5) is 5.69 Å². The molecule has 0 spiro atoms. The quantitative estimate of drug-likeness (QED) is 0.384. The molecule has 0 aliphatic carbocycles. The van der Waals surface area contributed by atoms with Crippen molar-refractivity contribution in [3.05, 3.63) is 64.2 Å². The predicted octanol–water partition coefficient (Wildman–Crippen LogP) is 1.68. The Hall–Kier alpha value is -3.22. The van der Waals surface area contributed by atoms with Crippen molar-refractivity contribution < 1.29 is 9.72 Å². The van der Waals surface area contributed by atoms with Gasteiger partial charge in [-0.3, -0.25) is 14.9 Å². The lowest BCUT2D eigenvalue weighted by Gasteiger charge is -2.04. The van der Waals surface area contributed by atoms with Crippen LogP contribution >= 0.6 is 0 Å². The van der Waals surface area contributed by atoms with Gasteiger partial charge in [0.25, 0.3) is 11.6 Å². The Balaban J connectivity index is 2.50. The highest BCUT2D eigenvalue weighted by Crippen LogP contribution is 2.29. The lowest BCUT2D eigenvalue weighted by Crippen LogP contribution is -2.24. The number of amides is 1. The van der Waals surface area contributed by atoms with Crippen molar-refractivity contribution in [2.24, 2.45) is 16.5 Å². The largest absolute Gasteiger partial charge is 0.370 e. The van der Waals surface area contributed by atoms with E-state index < -0.39 is 10.8 Å². The summed E-state index contributed by atoms with van der Waals surface area (Å²) >= 11 is 0. The van der Waals surface area contributed by atoms with Crippen LogP contribution in [0.15, 0.2) is 53.5 Å². The lowest BCUT2D eigenvalue weighted by atomic mass is 10.0. The molecule has 2 aromatic rings. The van der Waals surface area contributed by atoms with Crippen LogP contribution < -0.4 is 11.5 Å². The Morgan fingerprint density at radius 2 is 1.81 bits per heavy atom. The highest BCUT2D eigenvalue weighted by Gasteiger charge is 2.15. The van der Waals surface area contributed by atoms with Crippen LogP contribution in [0.1, 0.15) is 10.4 Å². The molecule has 0 fully saturated rings. The molecule has 0 atom stereocenters. The van der Waals surface area contributed by atoms with Gasteiger partial charge in [-0.05, 0) is 23.8 Å². The fraction of sp³-hybridized carbons (Fsp3) is 0. The molecule has 7 heteroatoms. The van der Waals surface area contributed by atoms with Crippen LogP contribution in [0.3, 0.4) is 0 Å². The van der Waals surface area contributed by atoms with Gasteiger partial charge < -0.3 is 11.5 Å². The molecule has 0 saturated carbocycles. The summed E-state index contributed by atoms with van der Waals surface area (Å²) in [5.41, 5.74) is 11.5. The smallest absolute Gasteiger partial charge is 0.280 e. The zero-order chi connectivity index (χ0) is 15.4. The number of aliphatic imine (C=N–C) groups is 1. The molecule has 2 rings (SSSR count). The summed E-state index contributed by atoms with van der Waals surface area (Å²) in [5.74, 6) is -0.938. The molecule has 7 nitrogen and oxygen atoms in total. The van der Waals surface area contributed by atoms with Gasteiger partial charge in [-0.15, -0.1) is 0 Å². The van der Waals surface area contributed by atoms with E-state index in [9.17, 15) is 14.9 Å². The van der Waals surface area contributed by atoms with E-state index in [1.165, 1.54) is 18.2 Å². The summed E-state index contributed by atoms with van der Waals surface area (Å²) in [6.07, 6.45) is 0. The number of para-hydroxylation sites is 1. The molecule has 0 unspecified atom stereocenters. The Bertz CT molecular complexity index is 737. The van der Waals surface area contributed by atoms with Crippen LogP contribution in [0.25, 0.3) is 11.1 Å². The van der Waals surface area contributed by atoms with Crippen molar-refractivity contribution in [2.75, 3.05) is 0 Å². The molecule has 0 saturated heterocycles. The van der Waals surface area contributed by atoms with Gasteiger partial charge >= 0.3 is 0 Å². The number of guanidine groups is 1. The SMILES string of the molecule is NC(N)=NC(=O)c1cccc(-c2ccccc2[N+](=O)[O-])c1. The first-order chi connectivity index (χ1) is 9.99. The van der Waals surface area contributed by atoms with Crippen LogP contribution in [-0.2, 0) is 0 Å². The van der Waals surface area contributed by atoms with Gasteiger partial charge in [-0.1, -0.05) is 24.3 Å². The third-order valence-corrected chi connectivity index (χ3v) is 2.75. The van der Waals surface area contributed by atoms with Crippen molar-refractivity contribution in [3.8, 4) is 11.1 Å². The van der Waals surface area contributed by atoms with Gasteiger partial charge in [0.15, 0.2) is 5.96 Å². The van der Waals surface area contributed by atoms with E-state index in [1.54, 1.807) is 30.3 Å². The van der Waals surface area contributed by atoms with Crippen molar-refractivity contribution in [3.63, 3.8) is 0 Å². The van der Waals surface area contributed by atoms with E-state index in [1.807, 2.05) is 0 Å². The molecule has 0 heterocycles. The molecular weight excluding hydrogens is 272 g/mol. The highest BCUT2D eigenvalue weighted by molar-refractivity contribution is 6.02. The van der Waals surface area contributed by atoms with E-state index in [0.29, 0.717) is 11.1 Å². The molecule has 0 bridgehead atoms. The molecule has 106 valence electrons. The zero-order valence-corrected chi connectivity index (χ0v) is 10.9. The lowest BCUT2D eigenvalue weighted by molar-refractivity contribution is -0.384. The first-order valence-electron chi connectivity index (χ1n) is 5.97. The first kappa shape index (κ1) is 14.2. The summed E-state index contributed by atoms with van der Waals surface area (Å²) in [6, 6.07) is 12.6. The Kier molecular flexibility index (Phi) is 3.94. The summed E-state index contributed by atoms with van der Waals surface area (Å²) in [5, 5.41) is 11.0. The summed E-state index contributed by atoms with van der Waals surface area (Å²) in [7, 11) is 0. The highest BCUT2D eigenvalue weighted by atomic mass is 16.6. The fourth-order valence-corrected chi connectivity index (χ4v) is 1.88. The maximum Gasteiger partial charge on any atom is 0.280 e. The van der Waals surface area contributed by atoms with Crippen LogP contribution in [0.5, 0.6) is 0 Å². The van der Waals surface area contributed by atoms with E-state index >= 15 is 0 Å². The number of nitro benzene ring substituents is 1. The summed E-state index contributed by atoms with van der Waals surface area (Å²) in [6.45, 7) is 0. The van der Waals surface area contributed by atoms with Crippen LogP contribution in [0.2, 0.25) is 0 Å². The normalized spacial score (nSPS) is 9.90. The van der Waals surface area contributed by atoms with Gasteiger partial charge in [0.1, 0.15) is 0 Å². The Morgan fingerprint density at radius 1 is 1.10 bits per heavy atom. The minimum Gasteiger partial charge on any atom is -0.370 e. The number of hydrogen-bond donors (Lipinski definition) is 2. The summed E-state index contributed by atoms with van der Waals surface area (Å²) < 4.78 is 0. The number of benzene rings is 2. The molecule has 1 amide bonds. The molecule has 2 aromatic carbocycles. The molecular formula is C14H12N4O3. The van der Waals surface area contributed by atoms with Crippen molar-refractivity contribution in [2.45, 2.75) is 0 Å². The van der Waals surface area contributed by atoms with Crippen molar-refractivity contribution in [1.29, 1.82) is 0 Å². The van der Waals surface area contributed by atoms with E-state index in [4.69, 9.17) is 11.5 Å². The number of nitro groups is 1. The zero-order valence-electron chi connectivity index (χ0n) is 10.9. The first-order valence-corrected chi connectivity index (χ1v) is 5.97. The third kappa shape index (κ3) is 3.21.